The molecule has 1 heterocycles. The van der Waals surface area contributed by atoms with Crippen molar-refractivity contribution in [1.82, 2.24) is 4.98 Å². The average Bonchev–Trinajstić information content (AvgIpc) is 2.10. The molecular weight excluding hydrogens is 192 g/mol. The Morgan fingerprint density at radius 1 is 1.77 bits per heavy atom. The Labute approximate surface area is 80.7 Å². The Kier molecular flexibility index (Phi) is 3.08. The molecule has 0 aromatic carbocycles. The van der Waals surface area contributed by atoms with E-state index in [9.17, 15) is 4.79 Å². The number of pyridine rings is 1. The van der Waals surface area contributed by atoms with Gasteiger partial charge in [0, 0.05) is 0 Å². The molecule has 0 atom stereocenters. The van der Waals surface area contributed by atoms with Crippen molar-refractivity contribution in [3.05, 3.63) is 23.0 Å². The van der Waals surface area contributed by atoms with Crippen LogP contribution in [0.1, 0.15) is 17.4 Å². The van der Waals surface area contributed by atoms with Crippen LogP contribution in [0.15, 0.2) is 12.3 Å². The lowest BCUT2D eigenvalue weighted by Crippen LogP contribution is -2.07. The van der Waals surface area contributed by atoms with Crippen LogP contribution >= 0.6 is 11.6 Å². The van der Waals surface area contributed by atoms with Gasteiger partial charge in [0.15, 0.2) is 0 Å². The number of carbonyl (C=O) groups is 1. The van der Waals surface area contributed by atoms with Crippen molar-refractivity contribution in [2.24, 2.45) is 0 Å². The molecule has 0 fully saturated rings. The fraction of sp³-hybridized carbons (Fsp3) is 0.250. The maximum Gasteiger partial charge on any atom is 0.356 e. The van der Waals surface area contributed by atoms with Crippen molar-refractivity contribution in [1.29, 1.82) is 0 Å². The van der Waals surface area contributed by atoms with Gasteiger partial charge in [-0.15, -0.1) is 0 Å². The Bertz CT molecular complexity index is 328. The van der Waals surface area contributed by atoms with Gasteiger partial charge in [0.05, 0.1) is 23.5 Å². The van der Waals surface area contributed by atoms with Crippen LogP contribution in [0.5, 0.6) is 0 Å². The normalized spacial score (nSPS) is 9.69. The first-order valence-electron chi connectivity index (χ1n) is 3.73. The Balaban J connectivity index is 2.90. The van der Waals surface area contributed by atoms with E-state index in [4.69, 9.17) is 22.1 Å². The molecule has 0 amide bonds. The van der Waals surface area contributed by atoms with Crippen LogP contribution in [0, 0.1) is 0 Å². The Hall–Kier alpha value is -1.29. The summed E-state index contributed by atoms with van der Waals surface area (Å²) in [5.41, 5.74) is 5.93. The summed E-state index contributed by atoms with van der Waals surface area (Å²) in [6.07, 6.45) is 1.33. The van der Waals surface area contributed by atoms with Gasteiger partial charge in [0.25, 0.3) is 0 Å². The van der Waals surface area contributed by atoms with Gasteiger partial charge >= 0.3 is 5.97 Å². The van der Waals surface area contributed by atoms with E-state index in [2.05, 4.69) is 4.98 Å². The third-order valence-corrected chi connectivity index (χ3v) is 1.69. The summed E-state index contributed by atoms with van der Waals surface area (Å²) < 4.78 is 4.72. The lowest BCUT2D eigenvalue weighted by molar-refractivity contribution is 0.0519. The molecule has 0 spiro atoms. The van der Waals surface area contributed by atoms with Crippen LogP contribution in [0.4, 0.5) is 5.69 Å². The third kappa shape index (κ3) is 2.32. The fourth-order valence-electron chi connectivity index (χ4n) is 0.758. The predicted molar refractivity (Wildman–Crippen MR) is 49.6 cm³/mol. The minimum Gasteiger partial charge on any atom is -0.461 e. The van der Waals surface area contributed by atoms with E-state index in [0.29, 0.717) is 17.3 Å². The molecule has 0 bridgehead atoms. The molecule has 2 N–H and O–H groups in total. The van der Waals surface area contributed by atoms with Gasteiger partial charge in [-0.3, -0.25) is 0 Å². The summed E-state index contributed by atoms with van der Waals surface area (Å²) in [5.74, 6) is -0.496. The van der Waals surface area contributed by atoms with Crippen LogP contribution < -0.4 is 5.73 Å². The molecule has 0 saturated heterocycles. The highest BCUT2D eigenvalue weighted by molar-refractivity contribution is 6.33. The minimum absolute atomic E-state index is 0.168. The van der Waals surface area contributed by atoms with Gasteiger partial charge in [-0.1, -0.05) is 11.6 Å². The monoisotopic (exact) mass is 200 g/mol. The summed E-state index contributed by atoms with van der Waals surface area (Å²) in [7, 11) is 0. The molecule has 0 radical (unpaired) electrons. The van der Waals surface area contributed by atoms with Crippen molar-refractivity contribution in [2.45, 2.75) is 6.92 Å². The number of ether oxygens (including phenoxy) is 1. The lowest BCUT2D eigenvalue weighted by Gasteiger charge is -2.02. The molecule has 1 aromatic heterocycles. The van der Waals surface area contributed by atoms with Gasteiger partial charge in [0.1, 0.15) is 5.69 Å². The maximum atomic E-state index is 11.1. The van der Waals surface area contributed by atoms with Crippen molar-refractivity contribution in [3.63, 3.8) is 0 Å². The Morgan fingerprint density at radius 3 is 3.00 bits per heavy atom. The zero-order valence-electron chi connectivity index (χ0n) is 7.08. The first-order valence-corrected chi connectivity index (χ1v) is 4.11. The number of anilines is 1. The number of carbonyl (C=O) groups excluding carboxylic acids is 1. The number of nitrogen functional groups attached to an aromatic ring is 1. The van der Waals surface area contributed by atoms with Crippen molar-refractivity contribution in [2.75, 3.05) is 12.3 Å². The van der Waals surface area contributed by atoms with Crippen molar-refractivity contribution >= 4 is 23.3 Å². The molecule has 13 heavy (non-hydrogen) atoms. The molecule has 0 aliphatic heterocycles. The topological polar surface area (TPSA) is 65.2 Å². The number of halogens is 1. The molecule has 1 rings (SSSR count). The van der Waals surface area contributed by atoms with E-state index in [1.54, 1.807) is 6.92 Å². The van der Waals surface area contributed by atoms with E-state index in [1.165, 1.54) is 12.3 Å². The predicted octanol–water partition coefficient (Wildman–Crippen LogP) is 1.49. The Morgan fingerprint density at radius 2 is 2.46 bits per heavy atom. The molecule has 0 aliphatic rings. The van der Waals surface area contributed by atoms with Crippen molar-refractivity contribution < 1.29 is 9.53 Å². The summed E-state index contributed by atoms with van der Waals surface area (Å²) in [5, 5.41) is 0.304. The standard InChI is InChI=1S/C8H9ClN2O2/c1-2-13-8(12)7-3-5(9)6(10)4-11-7/h3-4H,2,10H2,1H3. The smallest absolute Gasteiger partial charge is 0.356 e. The third-order valence-electron chi connectivity index (χ3n) is 1.37. The zero-order valence-corrected chi connectivity index (χ0v) is 7.84. The molecule has 1 aromatic rings. The van der Waals surface area contributed by atoms with E-state index in [-0.39, 0.29) is 5.69 Å². The molecule has 0 saturated carbocycles. The summed E-state index contributed by atoms with van der Waals surface area (Å²) in [6, 6.07) is 1.38. The first kappa shape index (κ1) is 9.80. The van der Waals surface area contributed by atoms with E-state index in [0.717, 1.165) is 0 Å². The first-order chi connectivity index (χ1) is 6.15. The fourth-order valence-corrected chi connectivity index (χ4v) is 0.910. The molecule has 5 heteroatoms. The molecule has 0 unspecified atom stereocenters. The quantitative estimate of drug-likeness (QED) is 0.735. The van der Waals surface area contributed by atoms with Gasteiger partial charge < -0.3 is 10.5 Å². The van der Waals surface area contributed by atoms with E-state index < -0.39 is 5.97 Å². The molecule has 4 nitrogen and oxygen atoms in total. The van der Waals surface area contributed by atoms with Gasteiger partial charge in [-0.05, 0) is 13.0 Å². The highest BCUT2D eigenvalue weighted by Gasteiger charge is 2.09. The number of nitrogens with two attached hydrogens (primary N) is 1. The molecule has 70 valence electrons. The van der Waals surface area contributed by atoms with Gasteiger partial charge in [-0.25, -0.2) is 9.78 Å². The van der Waals surface area contributed by atoms with Crippen LogP contribution in [-0.4, -0.2) is 17.6 Å². The van der Waals surface area contributed by atoms with E-state index in [1.807, 2.05) is 0 Å². The number of hydrogen-bond donors (Lipinski definition) is 1. The van der Waals surface area contributed by atoms with Crippen LogP contribution in [-0.2, 0) is 4.74 Å². The number of rotatable bonds is 2. The largest absolute Gasteiger partial charge is 0.461 e. The van der Waals surface area contributed by atoms with E-state index >= 15 is 0 Å². The second-order valence-electron chi connectivity index (χ2n) is 2.31. The highest BCUT2D eigenvalue weighted by atomic mass is 35.5. The van der Waals surface area contributed by atoms with Crippen LogP contribution in [0.25, 0.3) is 0 Å². The summed E-state index contributed by atoms with van der Waals surface area (Å²) in [4.78, 5) is 14.9. The average molecular weight is 201 g/mol. The molecule has 0 aliphatic carbocycles. The minimum atomic E-state index is -0.496. The summed E-state index contributed by atoms with van der Waals surface area (Å²) >= 11 is 5.69. The molecular formula is C8H9ClN2O2. The number of hydrogen-bond acceptors (Lipinski definition) is 4. The van der Waals surface area contributed by atoms with Crippen LogP contribution in [0.2, 0.25) is 5.02 Å². The number of esters is 1. The van der Waals surface area contributed by atoms with Crippen molar-refractivity contribution in [3.8, 4) is 0 Å². The van der Waals surface area contributed by atoms with Gasteiger partial charge in [-0.2, -0.15) is 0 Å². The second kappa shape index (κ2) is 4.09. The maximum absolute atomic E-state index is 11.1. The lowest BCUT2D eigenvalue weighted by atomic mass is 10.3. The van der Waals surface area contributed by atoms with Gasteiger partial charge in [0.2, 0.25) is 0 Å². The second-order valence-corrected chi connectivity index (χ2v) is 2.72. The van der Waals surface area contributed by atoms with Crippen LogP contribution in [0.3, 0.4) is 0 Å². The summed E-state index contributed by atoms with van der Waals surface area (Å²) in [6.45, 7) is 2.03. The number of nitrogens with zero attached hydrogens (tertiary/aromatic N) is 1. The SMILES string of the molecule is CCOC(=O)c1cc(Cl)c(N)cn1. The zero-order chi connectivity index (χ0) is 9.84. The highest BCUT2D eigenvalue weighted by Crippen LogP contribution is 2.17. The number of aromatic nitrogens is 1.